The highest BCUT2D eigenvalue weighted by Crippen LogP contribution is 2.21. The Morgan fingerprint density at radius 3 is 2.61 bits per heavy atom. The fourth-order valence-electron chi connectivity index (χ4n) is 1.51. The van der Waals surface area contributed by atoms with Crippen molar-refractivity contribution < 1.29 is 4.79 Å². The third-order valence-electron chi connectivity index (χ3n) is 2.55. The maximum absolute atomic E-state index is 11.6. The second-order valence-electron chi connectivity index (χ2n) is 4.30. The molecule has 0 aromatic carbocycles. The van der Waals surface area contributed by atoms with Gasteiger partial charge in [0.2, 0.25) is 0 Å². The first-order valence-corrected chi connectivity index (χ1v) is 8.45. The summed E-state index contributed by atoms with van der Waals surface area (Å²) in [6.45, 7) is 8.52. The number of thiazole rings is 1. The molecule has 2 aromatic heterocycles. The molecule has 122 valence electrons. The molecule has 0 fully saturated rings. The Bertz CT molecular complexity index is 671. The first-order valence-electron chi connectivity index (χ1n) is 7.63. The molecule has 0 spiro atoms. The lowest BCUT2D eigenvalue weighted by Gasteiger charge is -2.02. The Morgan fingerprint density at radius 2 is 1.96 bits per heavy atom. The number of amides is 2. The molecule has 0 radical (unpaired) electrons. The Balaban J connectivity index is 0.00000127. The van der Waals surface area contributed by atoms with Gasteiger partial charge in [0.15, 0.2) is 5.13 Å². The molecule has 2 rings (SSSR count). The SMILES string of the molecule is CC.CCCNC(=O)Nc1nc(C)c(C#Cc2ccncc2)s1. The number of hydrogen-bond acceptors (Lipinski definition) is 4. The summed E-state index contributed by atoms with van der Waals surface area (Å²) < 4.78 is 0. The number of carbonyl (C=O) groups is 1. The number of carbonyl (C=O) groups excluding carboxylic acids is 1. The van der Waals surface area contributed by atoms with Gasteiger partial charge in [-0.2, -0.15) is 0 Å². The van der Waals surface area contributed by atoms with E-state index in [9.17, 15) is 4.79 Å². The first kappa shape index (κ1) is 18.7. The maximum atomic E-state index is 11.6. The van der Waals surface area contributed by atoms with Crippen molar-refractivity contribution in [3.05, 3.63) is 40.7 Å². The smallest absolute Gasteiger partial charge is 0.321 e. The van der Waals surface area contributed by atoms with Crippen LogP contribution in [0.1, 0.15) is 43.3 Å². The van der Waals surface area contributed by atoms with Crippen LogP contribution in [0.3, 0.4) is 0 Å². The van der Waals surface area contributed by atoms with Crippen molar-refractivity contribution in [1.29, 1.82) is 0 Å². The number of anilines is 1. The topological polar surface area (TPSA) is 66.9 Å². The summed E-state index contributed by atoms with van der Waals surface area (Å²) in [6.07, 6.45) is 4.30. The maximum Gasteiger partial charge on any atom is 0.321 e. The number of urea groups is 1. The Labute approximate surface area is 141 Å². The van der Waals surface area contributed by atoms with Gasteiger partial charge in [0.25, 0.3) is 0 Å². The summed E-state index contributed by atoms with van der Waals surface area (Å²) in [5.74, 6) is 6.13. The van der Waals surface area contributed by atoms with Crippen LogP contribution in [-0.2, 0) is 0 Å². The lowest BCUT2D eigenvalue weighted by Crippen LogP contribution is -2.29. The zero-order chi connectivity index (χ0) is 17.1. The van der Waals surface area contributed by atoms with Gasteiger partial charge >= 0.3 is 6.03 Å². The number of hydrogen-bond donors (Lipinski definition) is 2. The number of aryl methyl sites for hydroxylation is 1. The van der Waals surface area contributed by atoms with Gasteiger partial charge < -0.3 is 5.32 Å². The predicted octanol–water partition coefficient (Wildman–Crippen LogP) is 3.80. The summed E-state index contributed by atoms with van der Waals surface area (Å²) in [4.78, 5) is 20.7. The van der Waals surface area contributed by atoms with Crippen LogP contribution < -0.4 is 10.6 Å². The van der Waals surface area contributed by atoms with Gasteiger partial charge in [0.1, 0.15) is 4.88 Å². The number of pyridine rings is 1. The van der Waals surface area contributed by atoms with E-state index in [1.807, 2.05) is 39.8 Å². The third-order valence-corrected chi connectivity index (χ3v) is 3.54. The standard InChI is InChI=1S/C15H16N4OS.C2H6/c1-3-8-17-14(20)19-15-18-11(2)13(21-15)5-4-12-6-9-16-10-7-12;1-2/h6-7,9-10H,3,8H2,1-2H3,(H2,17,18,19,20);1-2H3. The highest BCUT2D eigenvalue weighted by atomic mass is 32.1. The van der Waals surface area contributed by atoms with Gasteiger partial charge in [-0.15, -0.1) is 0 Å². The molecule has 0 saturated heterocycles. The molecule has 5 nitrogen and oxygen atoms in total. The van der Waals surface area contributed by atoms with Crippen molar-refractivity contribution in [2.45, 2.75) is 34.1 Å². The van der Waals surface area contributed by atoms with E-state index >= 15 is 0 Å². The Kier molecular flexibility index (Phi) is 8.40. The van der Waals surface area contributed by atoms with Crippen molar-refractivity contribution in [2.24, 2.45) is 0 Å². The summed E-state index contributed by atoms with van der Waals surface area (Å²) in [6, 6.07) is 3.46. The van der Waals surface area contributed by atoms with E-state index in [1.54, 1.807) is 12.4 Å². The van der Waals surface area contributed by atoms with E-state index < -0.39 is 0 Å². The second kappa shape index (κ2) is 10.4. The summed E-state index contributed by atoms with van der Waals surface area (Å²) in [5.41, 5.74) is 1.71. The largest absolute Gasteiger partial charge is 0.338 e. The average molecular weight is 330 g/mol. The van der Waals surface area contributed by atoms with Gasteiger partial charge in [-0.1, -0.05) is 38.0 Å². The molecule has 23 heavy (non-hydrogen) atoms. The van der Waals surface area contributed by atoms with E-state index in [2.05, 4.69) is 32.4 Å². The van der Waals surface area contributed by atoms with E-state index in [-0.39, 0.29) is 6.03 Å². The van der Waals surface area contributed by atoms with E-state index in [1.165, 1.54) is 11.3 Å². The first-order chi connectivity index (χ1) is 11.2. The van der Waals surface area contributed by atoms with Crippen LogP contribution in [0, 0.1) is 18.8 Å². The minimum absolute atomic E-state index is 0.237. The fraction of sp³-hybridized carbons (Fsp3) is 0.353. The molecule has 2 heterocycles. The van der Waals surface area contributed by atoms with Crippen LogP contribution in [0.4, 0.5) is 9.93 Å². The van der Waals surface area contributed by atoms with Gasteiger partial charge in [0.05, 0.1) is 5.69 Å². The molecule has 0 bridgehead atoms. The molecule has 0 aliphatic rings. The van der Waals surface area contributed by atoms with E-state index in [0.29, 0.717) is 11.7 Å². The molecule has 0 aliphatic heterocycles. The van der Waals surface area contributed by atoms with Crippen LogP contribution in [0.5, 0.6) is 0 Å². The minimum atomic E-state index is -0.237. The molecule has 2 aromatic rings. The number of aromatic nitrogens is 2. The van der Waals surface area contributed by atoms with Crippen molar-refractivity contribution >= 4 is 22.5 Å². The van der Waals surface area contributed by atoms with E-state index in [4.69, 9.17) is 0 Å². The number of rotatable bonds is 3. The zero-order valence-electron chi connectivity index (χ0n) is 13.9. The Hall–Kier alpha value is -2.39. The van der Waals surface area contributed by atoms with Crippen LogP contribution >= 0.6 is 11.3 Å². The van der Waals surface area contributed by atoms with Crippen molar-refractivity contribution in [3.63, 3.8) is 0 Å². The van der Waals surface area contributed by atoms with Crippen molar-refractivity contribution in [2.75, 3.05) is 11.9 Å². The Morgan fingerprint density at radius 1 is 1.26 bits per heavy atom. The quantitative estimate of drug-likeness (QED) is 0.841. The van der Waals surface area contributed by atoms with Crippen LogP contribution in [0.2, 0.25) is 0 Å². The molecular weight excluding hydrogens is 308 g/mol. The molecule has 0 atom stereocenters. The number of nitrogens with one attached hydrogen (secondary N) is 2. The minimum Gasteiger partial charge on any atom is -0.338 e. The van der Waals surface area contributed by atoms with Gasteiger partial charge in [0, 0.05) is 24.5 Å². The fourth-order valence-corrected chi connectivity index (χ4v) is 2.32. The predicted molar refractivity (Wildman–Crippen MR) is 95.7 cm³/mol. The molecule has 0 aliphatic carbocycles. The van der Waals surface area contributed by atoms with Gasteiger partial charge in [-0.05, 0) is 31.4 Å². The average Bonchev–Trinajstić information content (AvgIpc) is 2.93. The van der Waals surface area contributed by atoms with Crippen molar-refractivity contribution in [1.82, 2.24) is 15.3 Å². The van der Waals surface area contributed by atoms with Crippen LogP contribution in [0.25, 0.3) is 0 Å². The van der Waals surface area contributed by atoms with Gasteiger partial charge in [-0.25, -0.2) is 9.78 Å². The molecular formula is C17H22N4OS. The monoisotopic (exact) mass is 330 g/mol. The molecule has 6 heteroatoms. The van der Waals surface area contributed by atoms with Gasteiger partial charge in [-0.3, -0.25) is 10.3 Å². The lowest BCUT2D eigenvalue weighted by atomic mass is 10.2. The number of nitrogens with zero attached hydrogens (tertiary/aromatic N) is 2. The van der Waals surface area contributed by atoms with Crippen molar-refractivity contribution in [3.8, 4) is 11.8 Å². The summed E-state index contributed by atoms with van der Waals surface area (Å²) in [5, 5.41) is 6.01. The third kappa shape index (κ3) is 6.49. The molecule has 0 unspecified atom stereocenters. The normalized spacial score (nSPS) is 9.04. The van der Waals surface area contributed by atoms with E-state index in [0.717, 1.165) is 22.6 Å². The molecule has 2 N–H and O–H groups in total. The van der Waals surface area contributed by atoms with Crippen LogP contribution in [0.15, 0.2) is 24.5 Å². The molecule has 2 amide bonds. The lowest BCUT2D eigenvalue weighted by molar-refractivity contribution is 0.252. The summed E-state index contributed by atoms with van der Waals surface area (Å²) in [7, 11) is 0. The molecule has 0 saturated carbocycles. The van der Waals surface area contributed by atoms with Crippen LogP contribution in [-0.4, -0.2) is 22.5 Å². The highest BCUT2D eigenvalue weighted by molar-refractivity contribution is 7.16. The second-order valence-corrected chi connectivity index (χ2v) is 5.30. The highest BCUT2D eigenvalue weighted by Gasteiger charge is 2.08. The summed E-state index contributed by atoms with van der Waals surface area (Å²) >= 11 is 1.37. The zero-order valence-corrected chi connectivity index (χ0v) is 14.8.